The van der Waals surface area contributed by atoms with Crippen molar-refractivity contribution in [1.29, 1.82) is 0 Å². The van der Waals surface area contributed by atoms with Gasteiger partial charge in [0.2, 0.25) is 14.2 Å². The first kappa shape index (κ1) is 17.5. The number of piperidine rings is 1. The van der Waals surface area contributed by atoms with Crippen LogP contribution in [0.3, 0.4) is 0 Å². The van der Waals surface area contributed by atoms with E-state index < -0.39 is 8.32 Å². The molecule has 2 aliphatic heterocycles. The standard InChI is InChI=1S/C17H23BrN2O3Si/c1-24(2,3)23-17(22)20-8-6-11(7-9-20)16-12-10-15(21)19-14(12)5-4-13(16)18/h4-5,11H,6-10H2,1-3H3,(H,19,21). The molecule has 5 nitrogen and oxygen atoms in total. The molecule has 0 unspecified atom stereocenters. The van der Waals surface area contributed by atoms with Gasteiger partial charge in [-0.05, 0) is 61.7 Å². The zero-order valence-corrected chi connectivity index (χ0v) is 16.9. The summed E-state index contributed by atoms with van der Waals surface area (Å²) in [5, 5.41) is 2.92. The van der Waals surface area contributed by atoms with E-state index in [1.807, 2.05) is 36.7 Å². The predicted molar refractivity (Wildman–Crippen MR) is 99.9 cm³/mol. The maximum absolute atomic E-state index is 12.2. The fourth-order valence-corrected chi connectivity index (χ4v) is 4.77. The summed E-state index contributed by atoms with van der Waals surface area (Å²) in [7, 11) is -1.86. The molecule has 1 saturated heterocycles. The minimum atomic E-state index is -1.86. The Labute approximate surface area is 152 Å². The summed E-state index contributed by atoms with van der Waals surface area (Å²) in [6.45, 7) is 7.46. The van der Waals surface area contributed by atoms with Crippen molar-refractivity contribution in [3.05, 3.63) is 27.7 Å². The number of nitrogens with one attached hydrogen (secondary N) is 1. The first-order valence-corrected chi connectivity index (χ1v) is 12.5. The van der Waals surface area contributed by atoms with Gasteiger partial charge in [0.25, 0.3) is 0 Å². The average Bonchev–Trinajstić information content (AvgIpc) is 2.86. The average molecular weight is 411 g/mol. The third kappa shape index (κ3) is 3.67. The molecule has 2 aliphatic rings. The number of fused-ring (bicyclic) bond motifs is 1. The van der Waals surface area contributed by atoms with Crippen molar-refractivity contribution in [2.45, 2.75) is 44.8 Å². The maximum atomic E-state index is 12.2. The lowest BCUT2D eigenvalue weighted by atomic mass is 9.86. The molecular formula is C17H23BrN2O3Si. The van der Waals surface area contributed by atoms with Gasteiger partial charge in [-0.1, -0.05) is 15.9 Å². The van der Waals surface area contributed by atoms with Crippen molar-refractivity contribution in [1.82, 2.24) is 4.90 Å². The van der Waals surface area contributed by atoms with Gasteiger partial charge in [0.15, 0.2) is 0 Å². The molecule has 3 rings (SSSR count). The largest absolute Gasteiger partial charge is 0.504 e. The van der Waals surface area contributed by atoms with Crippen LogP contribution >= 0.6 is 15.9 Å². The van der Waals surface area contributed by atoms with Gasteiger partial charge >= 0.3 is 6.09 Å². The number of rotatable bonds is 2. The number of nitrogens with zero attached hydrogens (tertiary/aromatic N) is 1. The molecule has 2 heterocycles. The lowest BCUT2D eigenvalue weighted by Gasteiger charge is -2.34. The van der Waals surface area contributed by atoms with Gasteiger partial charge in [-0.3, -0.25) is 4.79 Å². The Morgan fingerprint density at radius 3 is 2.58 bits per heavy atom. The van der Waals surface area contributed by atoms with E-state index in [0.717, 1.165) is 28.6 Å². The normalized spacial score (nSPS) is 18.3. The fraction of sp³-hybridized carbons (Fsp3) is 0.529. The van der Waals surface area contributed by atoms with Gasteiger partial charge in [-0.25, -0.2) is 4.79 Å². The summed E-state index contributed by atoms with van der Waals surface area (Å²) in [5.74, 6) is 0.415. The van der Waals surface area contributed by atoms with Crippen LogP contribution in [0.25, 0.3) is 0 Å². The Balaban J connectivity index is 1.71. The highest BCUT2D eigenvalue weighted by Crippen LogP contribution is 2.40. The van der Waals surface area contributed by atoms with E-state index in [1.165, 1.54) is 5.56 Å². The van der Waals surface area contributed by atoms with E-state index in [0.29, 0.717) is 25.4 Å². The van der Waals surface area contributed by atoms with Gasteiger partial charge in [-0.15, -0.1) is 0 Å². The molecule has 1 N–H and O–H groups in total. The van der Waals surface area contributed by atoms with Gasteiger partial charge in [0.05, 0.1) is 6.42 Å². The number of carbonyl (C=O) groups is 2. The van der Waals surface area contributed by atoms with Crippen LogP contribution < -0.4 is 5.32 Å². The summed E-state index contributed by atoms with van der Waals surface area (Å²) in [6, 6.07) is 3.96. The molecule has 0 atom stereocenters. The topological polar surface area (TPSA) is 58.6 Å². The van der Waals surface area contributed by atoms with Crippen LogP contribution in [-0.4, -0.2) is 38.3 Å². The monoisotopic (exact) mass is 410 g/mol. The molecule has 1 aromatic rings. The van der Waals surface area contributed by atoms with E-state index >= 15 is 0 Å². The van der Waals surface area contributed by atoms with Crippen LogP contribution in [0, 0.1) is 0 Å². The molecule has 0 saturated carbocycles. The van der Waals surface area contributed by atoms with Crippen LogP contribution in [0.5, 0.6) is 0 Å². The van der Waals surface area contributed by atoms with Crippen molar-refractivity contribution in [3.63, 3.8) is 0 Å². The summed E-state index contributed by atoms with van der Waals surface area (Å²) in [6.07, 6.45) is 2.05. The lowest BCUT2D eigenvalue weighted by molar-refractivity contribution is -0.115. The molecule has 24 heavy (non-hydrogen) atoms. The quantitative estimate of drug-likeness (QED) is 0.746. The van der Waals surface area contributed by atoms with Gasteiger partial charge in [0.1, 0.15) is 0 Å². The van der Waals surface area contributed by atoms with E-state index in [1.54, 1.807) is 0 Å². The third-order valence-electron chi connectivity index (χ3n) is 4.47. The highest BCUT2D eigenvalue weighted by Gasteiger charge is 2.32. The third-order valence-corrected chi connectivity index (χ3v) is 5.95. The maximum Gasteiger partial charge on any atom is 0.396 e. The molecule has 0 spiro atoms. The predicted octanol–water partition coefficient (Wildman–Crippen LogP) is 4.09. The first-order valence-electron chi connectivity index (χ1n) is 8.33. The molecule has 0 aromatic heterocycles. The number of halogens is 1. The van der Waals surface area contributed by atoms with Crippen LogP contribution in [0.4, 0.5) is 10.5 Å². The minimum absolute atomic E-state index is 0.0560. The first-order chi connectivity index (χ1) is 11.2. The highest BCUT2D eigenvalue weighted by molar-refractivity contribution is 9.10. The van der Waals surface area contributed by atoms with Crippen LogP contribution in [0.15, 0.2) is 16.6 Å². The van der Waals surface area contributed by atoms with Gasteiger partial charge in [-0.2, -0.15) is 0 Å². The molecule has 0 aliphatic carbocycles. The second-order valence-electron chi connectivity index (χ2n) is 7.45. The molecule has 0 bridgehead atoms. The fourth-order valence-electron chi connectivity index (χ4n) is 3.42. The van der Waals surface area contributed by atoms with E-state index in [-0.39, 0.29) is 12.0 Å². The Bertz CT molecular complexity index is 679. The summed E-state index contributed by atoms with van der Waals surface area (Å²) < 4.78 is 6.65. The van der Waals surface area contributed by atoms with Crippen LogP contribution in [0.2, 0.25) is 19.6 Å². The van der Waals surface area contributed by atoms with E-state index in [4.69, 9.17) is 4.43 Å². The molecular weight excluding hydrogens is 388 g/mol. The molecule has 130 valence electrons. The van der Waals surface area contributed by atoms with Gasteiger partial charge in [0, 0.05) is 23.2 Å². The van der Waals surface area contributed by atoms with Gasteiger partial charge < -0.3 is 14.6 Å². The Hall–Kier alpha value is -1.34. The Morgan fingerprint density at radius 2 is 1.96 bits per heavy atom. The second-order valence-corrected chi connectivity index (χ2v) is 12.7. The number of hydrogen-bond acceptors (Lipinski definition) is 3. The molecule has 7 heteroatoms. The zero-order chi connectivity index (χ0) is 17.5. The number of hydrogen-bond donors (Lipinski definition) is 1. The molecule has 0 radical (unpaired) electrons. The highest BCUT2D eigenvalue weighted by atomic mass is 79.9. The van der Waals surface area contributed by atoms with E-state index in [9.17, 15) is 9.59 Å². The number of anilines is 1. The van der Waals surface area contributed by atoms with Crippen molar-refractivity contribution < 1.29 is 14.0 Å². The van der Waals surface area contributed by atoms with Crippen molar-refractivity contribution in [2.75, 3.05) is 18.4 Å². The molecule has 1 fully saturated rings. The van der Waals surface area contributed by atoms with E-state index in [2.05, 4.69) is 21.2 Å². The van der Waals surface area contributed by atoms with Crippen molar-refractivity contribution >= 4 is 41.9 Å². The van der Waals surface area contributed by atoms with Crippen molar-refractivity contribution in [3.8, 4) is 0 Å². The molecule has 2 amide bonds. The van der Waals surface area contributed by atoms with Crippen molar-refractivity contribution in [2.24, 2.45) is 0 Å². The number of amides is 2. The van der Waals surface area contributed by atoms with Crippen LogP contribution in [-0.2, 0) is 15.6 Å². The number of carbonyl (C=O) groups excluding carboxylic acids is 2. The lowest BCUT2D eigenvalue weighted by Crippen LogP contribution is -2.42. The number of benzene rings is 1. The SMILES string of the molecule is C[Si](C)(C)OC(=O)N1CCC(c2c(Br)ccc3c2CC(=O)N3)CC1. The number of likely N-dealkylation sites (tertiary alicyclic amines) is 1. The zero-order valence-electron chi connectivity index (χ0n) is 14.3. The van der Waals surface area contributed by atoms with Crippen LogP contribution in [0.1, 0.15) is 29.9 Å². The summed E-state index contributed by atoms with van der Waals surface area (Å²) in [5.41, 5.74) is 3.26. The Kier molecular flexibility index (Phi) is 4.75. The molecule has 1 aromatic carbocycles. The summed E-state index contributed by atoms with van der Waals surface area (Å²) in [4.78, 5) is 25.8. The second kappa shape index (κ2) is 6.52. The summed E-state index contributed by atoms with van der Waals surface area (Å²) >= 11 is 3.65. The minimum Gasteiger partial charge on any atom is -0.504 e. The Morgan fingerprint density at radius 1 is 1.29 bits per heavy atom. The smallest absolute Gasteiger partial charge is 0.396 e.